The van der Waals surface area contributed by atoms with Crippen LogP contribution in [0.5, 0.6) is 11.5 Å². The molecule has 0 amide bonds. The minimum absolute atomic E-state index is 0.0187. The zero-order chi connectivity index (χ0) is 22.2. The van der Waals surface area contributed by atoms with Gasteiger partial charge in [0, 0.05) is 12.1 Å². The van der Waals surface area contributed by atoms with Crippen molar-refractivity contribution in [3.8, 4) is 17.6 Å². The van der Waals surface area contributed by atoms with Gasteiger partial charge in [-0.2, -0.15) is 5.26 Å². The number of hydrogen-bond donors (Lipinski definition) is 0. The number of nitrogens with zero attached hydrogens (tertiary/aromatic N) is 2. The van der Waals surface area contributed by atoms with E-state index in [2.05, 4.69) is 6.07 Å². The summed E-state index contributed by atoms with van der Waals surface area (Å²) in [7, 11) is 0. The van der Waals surface area contributed by atoms with E-state index in [0.717, 1.165) is 11.1 Å². The number of benzene rings is 3. The van der Waals surface area contributed by atoms with Gasteiger partial charge in [-0.3, -0.25) is 10.1 Å². The fourth-order valence-corrected chi connectivity index (χ4v) is 2.96. The molecular formula is C25H22N2O4. The second-order valence-corrected chi connectivity index (χ2v) is 6.89. The van der Waals surface area contributed by atoms with Crippen molar-refractivity contribution in [2.24, 2.45) is 0 Å². The third-order valence-corrected chi connectivity index (χ3v) is 4.60. The molecule has 0 aliphatic rings. The van der Waals surface area contributed by atoms with Gasteiger partial charge >= 0.3 is 0 Å². The third kappa shape index (κ3) is 5.71. The summed E-state index contributed by atoms with van der Waals surface area (Å²) in [6, 6.07) is 21.6. The van der Waals surface area contributed by atoms with Crippen molar-refractivity contribution in [1.82, 2.24) is 0 Å². The molecule has 0 heterocycles. The molecule has 0 radical (unpaired) electrons. The van der Waals surface area contributed by atoms with E-state index in [0.29, 0.717) is 35.8 Å². The molecule has 0 aliphatic heterocycles. The minimum atomic E-state index is -0.469. The molecule has 156 valence electrons. The summed E-state index contributed by atoms with van der Waals surface area (Å²) in [5, 5.41) is 20.4. The summed E-state index contributed by atoms with van der Waals surface area (Å²) in [5.74, 6) is 1.21. The van der Waals surface area contributed by atoms with Crippen LogP contribution in [0.3, 0.4) is 0 Å². The molecule has 0 N–H and O–H groups in total. The van der Waals surface area contributed by atoms with Crippen LogP contribution in [0.1, 0.15) is 29.2 Å². The molecule has 0 saturated carbocycles. The van der Waals surface area contributed by atoms with Crippen LogP contribution in [-0.2, 0) is 6.61 Å². The van der Waals surface area contributed by atoms with Crippen molar-refractivity contribution in [2.45, 2.75) is 20.5 Å². The summed E-state index contributed by atoms with van der Waals surface area (Å²) in [6.07, 6.45) is 1.72. The van der Waals surface area contributed by atoms with E-state index in [1.165, 1.54) is 17.7 Å². The lowest BCUT2D eigenvalue weighted by atomic mass is 10.0. The molecule has 6 heteroatoms. The van der Waals surface area contributed by atoms with E-state index in [1.54, 1.807) is 18.2 Å². The van der Waals surface area contributed by atoms with Gasteiger partial charge < -0.3 is 9.47 Å². The predicted molar refractivity (Wildman–Crippen MR) is 120 cm³/mol. The number of ether oxygens (including phenoxy) is 2. The van der Waals surface area contributed by atoms with Crippen LogP contribution in [0.15, 0.2) is 66.7 Å². The van der Waals surface area contributed by atoms with E-state index >= 15 is 0 Å². The summed E-state index contributed by atoms with van der Waals surface area (Å²) < 4.78 is 11.7. The van der Waals surface area contributed by atoms with Gasteiger partial charge in [0.2, 0.25) is 0 Å². The third-order valence-electron chi connectivity index (χ3n) is 4.60. The highest BCUT2D eigenvalue weighted by Crippen LogP contribution is 2.31. The van der Waals surface area contributed by atoms with Gasteiger partial charge in [0.05, 0.1) is 23.2 Å². The molecule has 0 bridgehead atoms. The number of nitriles is 1. The number of allylic oxidation sites excluding steroid dienone is 1. The molecule has 6 nitrogen and oxygen atoms in total. The van der Waals surface area contributed by atoms with Crippen LogP contribution < -0.4 is 9.47 Å². The first-order valence-electron chi connectivity index (χ1n) is 9.82. The summed E-state index contributed by atoms with van der Waals surface area (Å²) in [4.78, 5) is 10.4. The highest BCUT2D eigenvalue weighted by atomic mass is 16.6. The fraction of sp³-hybridized carbons (Fsp3) is 0.160. The van der Waals surface area contributed by atoms with Crippen LogP contribution in [0.4, 0.5) is 5.69 Å². The van der Waals surface area contributed by atoms with Gasteiger partial charge in [-0.1, -0.05) is 35.9 Å². The van der Waals surface area contributed by atoms with Crippen LogP contribution in [0, 0.1) is 28.4 Å². The number of rotatable bonds is 8. The predicted octanol–water partition coefficient (Wildman–Crippen LogP) is 5.95. The van der Waals surface area contributed by atoms with Gasteiger partial charge in [0.15, 0.2) is 11.5 Å². The largest absolute Gasteiger partial charge is 0.490 e. The first-order valence-corrected chi connectivity index (χ1v) is 9.82. The maximum absolute atomic E-state index is 10.8. The number of aryl methyl sites for hydroxylation is 1. The smallest absolute Gasteiger partial charge is 0.269 e. The molecule has 3 rings (SSSR count). The Bertz CT molecular complexity index is 1130. The molecule has 31 heavy (non-hydrogen) atoms. The second-order valence-electron chi connectivity index (χ2n) is 6.89. The fourth-order valence-electron chi connectivity index (χ4n) is 2.96. The Labute approximate surface area is 181 Å². The zero-order valence-corrected chi connectivity index (χ0v) is 17.4. The van der Waals surface area contributed by atoms with Crippen molar-refractivity contribution >= 4 is 17.3 Å². The van der Waals surface area contributed by atoms with Crippen molar-refractivity contribution in [1.29, 1.82) is 5.26 Å². The SMILES string of the molecule is CCOc1cc(C=C(C#N)c2ccc([N+](=O)[O-])cc2)ccc1OCc1ccc(C)cc1. The van der Waals surface area contributed by atoms with Crippen molar-refractivity contribution in [3.63, 3.8) is 0 Å². The maximum atomic E-state index is 10.8. The van der Waals surface area contributed by atoms with E-state index in [1.807, 2.05) is 56.3 Å². The van der Waals surface area contributed by atoms with Crippen molar-refractivity contribution in [3.05, 3.63) is 99.1 Å². The molecular weight excluding hydrogens is 392 g/mol. The Kier molecular flexibility index (Phi) is 7.02. The summed E-state index contributed by atoms with van der Waals surface area (Å²) >= 11 is 0. The number of nitro groups is 1. The van der Waals surface area contributed by atoms with Crippen LogP contribution in [0.2, 0.25) is 0 Å². The maximum Gasteiger partial charge on any atom is 0.269 e. The average Bonchev–Trinajstić information content (AvgIpc) is 2.78. The number of nitro benzene ring substituents is 1. The Morgan fingerprint density at radius 3 is 2.35 bits per heavy atom. The monoisotopic (exact) mass is 414 g/mol. The lowest BCUT2D eigenvalue weighted by Crippen LogP contribution is -2.00. The molecule has 3 aromatic carbocycles. The lowest BCUT2D eigenvalue weighted by Gasteiger charge is -2.13. The normalized spacial score (nSPS) is 10.9. The van der Waals surface area contributed by atoms with Gasteiger partial charge in [0.25, 0.3) is 5.69 Å². The highest BCUT2D eigenvalue weighted by molar-refractivity contribution is 5.90. The number of hydrogen-bond acceptors (Lipinski definition) is 5. The molecule has 0 aliphatic carbocycles. The first-order chi connectivity index (χ1) is 15.0. The quantitative estimate of drug-likeness (QED) is 0.197. The topological polar surface area (TPSA) is 85.4 Å². The standard InChI is InChI=1S/C25H22N2O4/c1-3-30-25-15-20(8-13-24(25)31-17-19-6-4-18(2)5-7-19)14-22(16-26)21-9-11-23(12-10-21)27(28)29/h4-15H,3,17H2,1-2H3. The second kappa shape index (κ2) is 10.1. The van der Waals surface area contributed by atoms with E-state index in [-0.39, 0.29) is 5.69 Å². The number of non-ortho nitro benzene ring substituents is 1. The van der Waals surface area contributed by atoms with Crippen molar-refractivity contribution in [2.75, 3.05) is 6.61 Å². The summed E-state index contributed by atoms with van der Waals surface area (Å²) in [5.41, 5.74) is 3.99. The average molecular weight is 414 g/mol. The van der Waals surface area contributed by atoms with Crippen LogP contribution in [-0.4, -0.2) is 11.5 Å². The van der Waals surface area contributed by atoms with Gasteiger partial charge in [-0.15, -0.1) is 0 Å². The summed E-state index contributed by atoms with van der Waals surface area (Å²) in [6.45, 7) is 4.82. The molecule has 0 unspecified atom stereocenters. The molecule has 0 saturated heterocycles. The molecule has 0 fully saturated rings. The molecule has 0 aromatic heterocycles. The lowest BCUT2D eigenvalue weighted by molar-refractivity contribution is -0.384. The van der Waals surface area contributed by atoms with Gasteiger partial charge in [-0.25, -0.2) is 0 Å². The van der Waals surface area contributed by atoms with Crippen LogP contribution in [0.25, 0.3) is 11.6 Å². The van der Waals surface area contributed by atoms with E-state index in [4.69, 9.17) is 9.47 Å². The first kappa shape index (κ1) is 21.6. The Morgan fingerprint density at radius 2 is 1.74 bits per heavy atom. The molecule has 0 spiro atoms. The molecule has 0 atom stereocenters. The van der Waals surface area contributed by atoms with Crippen LogP contribution >= 0.6 is 0 Å². The zero-order valence-electron chi connectivity index (χ0n) is 17.4. The molecule has 3 aromatic rings. The van der Waals surface area contributed by atoms with E-state index in [9.17, 15) is 15.4 Å². The minimum Gasteiger partial charge on any atom is -0.490 e. The van der Waals surface area contributed by atoms with Gasteiger partial charge in [-0.05, 0) is 60.9 Å². The Hall–Kier alpha value is -4.11. The Morgan fingerprint density at radius 1 is 1.03 bits per heavy atom. The van der Waals surface area contributed by atoms with Gasteiger partial charge in [0.1, 0.15) is 6.61 Å². The van der Waals surface area contributed by atoms with Crippen molar-refractivity contribution < 1.29 is 14.4 Å². The van der Waals surface area contributed by atoms with E-state index < -0.39 is 4.92 Å². The Balaban J connectivity index is 1.83. The highest BCUT2D eigenvalue weighted by Gasteiger charge is 2.10.